The fourth-order valence-corrected chi connectivity index (χ4v) is 2.90. The van der Waals surface area contributed by atoms with E-state index in [9.17, 15) is 9.90 Å². The molecule has 3 aromatic rings. The molecular formula is C23H25N3O3. The molecule has 0 aliphatic rings. The molecule has 0 saturated heterocycles. The molecule has 0 aliphatic carbocycles. The molecule has 1 heterocycles. The van der Waals surface area contributed by atoms with Crippen molar-refractivity contribution < 1.29 is 14.6 Å². The van der Waals surface area contributed by atoms with Crippen LogP contribution in [-0.4, -0.2) is 22.7 Å². The minimum absolute atomic E-state index is 0.172. The fourth-order valence-electron chi connectivity index (χ4n) is 2.90. The molecule has 6 heteroatoms. The van der Waals surface area contributed by atoms with E-state index in [0.717, 1.165) is 22.4 Å². The van der Waals surface area contributed by atoms with Crippen molar-refractivity contribution in [3.8, 4) is 5.75 Å². The van der Waals surface area contributed by atoms with Gasteiger partial charge in [0.15, 0.2) is 0 Å². The van der Waals surface area contributed by atoms with E-state index in [1.54, 1.807) is 12.4 Å². The van der Waals surface area contributed by atoms with Crippen LogP contribution in [0.3, 0.4) is 0 Å². The first-order valence-corrected chi connectivity index (χ1v) is 9.50. The Bertz CT molecular complexity index is 886. The second kappa shape index (κ2) is 10.2. The second-order valence-electron chi connectivity index (χ2n) is 6.70. The van der Waals surface area contributed by atoms with Crippen LogP contribution in [0.15, 0.2) is 79.1 Å². The number of ether oxygens (including phenoxy) is 1. The van der Waals surface area contributed by atoms with Crippen molar-refractivity contribution in [2.75, 3.05) is 6.61 Å². The molecule has 2 unspecified atom stereocenters. The lowest BCUT2D eigenvalue weighted by Crippen LogP contribution is -2.40. The van der Waals surface area contributed by atoms with Crippen molar-refractivity contribution in [3.05, 3.63) is 95.8 Å². The van der Waals surface area contributed by atoms with Crippen molar-refractivity contribution in [1.82, 2.24) is 15.6 Å². The van der Waals surface area contributed by atoms with Gasteiger partial charge in [0.2, 0.25) is 0 Å². The molecule has 0 aliphatic heterocycles. The van der Waals surface area contributed by atoms with Crippen molar-refractivity contribution in [1.29, 1.82) is 0 Å². The van der Waals surface area contributed by atoms with Gasteiger partial charge < -0.3 is 20.5 Å². The molecule has 0 bridgehead atoms. The van der Waals surface area contributed by atoms with E-state index >= 15 is 0 Å². The summed E-state index contributed by atoms with van der Waals surface area (Å²) in [6.07, 6.45) is 3.50. The number of hydrogen-bond acceptors (Lipinski definition) is 4. The number of pyridine rings is 1. The van der Waals surface area contributed by atoms with Crippen LogP contribution in [0.4, 0.5) is 4.79 Å². The van der Waals surface area contributed by atoms with Crippen LogP contribution in [0.25, 0.3) is 0 Å². The maximum absolute atomic E-state index is 12.3. The van der Waals surface area contributed by atoms with Crippen LogP contribution in [0.1, 0.15) is 35.7 Å². The Morgan fingerprint density at radius 2 is 1.76 bits per heavy atom. The Balaban J connectivity index is 1.52. The number of aliphatic hydroxyl groups excluding tert-OH is 1. The molecule has 6 nitrogen and oxygen atoms in total. The number of urea groups is 1. The number of carbonyl (C=O) groups is 1. The first kappa shape index (κ1) is 20.4. The van der Waals surface area contributed by atoms with Crippen LogP contribution in [0.5, 0.6) is 5.75 Å². The summed E-state index contributed by atoms with van der Waals surface area (Å²) in [4.78, 5) is 16.4. The highest BCUT2D eigenvalue weighted by atomic mass is 16.5. The van der Waals surface area contributed by atoms with Gasteiger partial charge in [-0.15, -0.1) is 0 Å². The number of hydrogen-bond donors (Lipinski definition) is 3. The van der Waals surface area contributed by atoms with Crippen molar-refractivity contribution in [3.63, 3.8) is 0 Å². The van der Waals surface area contributed by atoms with Gasteiger partial charge in [-0.25, -0.2) is 4.79 Å². The van der Waals surface area contributed by atoms with E-state index < -0.39 is 6.04 Å². The summed E-state index contributed by atoms with van der Waals surface area (Å²) in [5.41, 5.74) is 2.81. The lowest BCUT2D eigenvalue weighted by atomic mass is 10.1. The normalized spacial score (nSPS) is 12.6. The Morgan fingerprint density at radius 3 is 2.41 bits per heavy atom. The van der Waals surface area contributed by atoms with Crippen molar-refractivity contribution in [2.45, 2.75) is 25.6 Å². The molecule has 2 atom stereocenters. The average Bonchev–Trinajstić information content (AvgIpc) is 2.77. The number of aliphatic hydroxyl groups is 1. The third-order valence-corrected chi connectivity index (χ3v) is 4.55. The van der Waals surface area contributed by atoms with Crippen LogP contribution < -0.4 is 15.4 Å². The van der Waals surface area contributed by atoms with E-state index in [0.29, 0.717) is 6.61 Å². The predicted octanol–water partition coefficient (Wildman–Crippen LogP) is 3.75. The zero-order valence-corrected chi connectivity index (χ0v) is 16.3. The molecule has 2 aromatic carbocycles. The molecule has 29 heavy (non-hydrogen) atoms. The van der Waals surface area contributed by atoms with E-state index in [4.69, 9.17) is 4.74 Å². The number of nitrogens with one attached hydrogen (secondary N) is 2. The van der Waals surface area contributed by atoms with E-state index in [2.05, 4.69) is 15.6 Å². The highest BCUT2D eigenvalue weighted by Gasteiger charge is 2.15. The standard InChI is InChI=1S/C23H25N3O3/c1-17(25-23(28)26-22(15-27)20-7-3-2-4-8-20)19-9-11-21(12-10-19)29-16-18-6-5-13-24-14-18/h2-14,17,22,27H,15-16H2,1H3,(H2,25,26,28). The molecule has 3 rings (SSSR count). The molecule has 2 amide bonds. The van der Waals surface area contributed by atoms with Gasteiger partial charge in [-0.1, -0.05) is 48.5 Å². The minimum atomic E-state index is -0.452. The van der Waals surface area contributed by atoms with Gasteiger partial charge >= 0.3 is 6.03 Å². The number of nitrogens with zero attached hydrogens (tertiary/aromatic N) is 1. The van der Waals surface area contributed by atoms with Gasteiger partial charge in [0.25, 0.3) is 0 Å². The molecule has 0 fully saturated rings. The first-order valence-electron chi connectivity index (χ1n) is 9.50. The maximum atomic E-state index is 12.3. The van der Waals surface area contributed by atoms with Crippen molar-refractivity contribution >= 4 is 6.03 Å². The van der Waals surface area contributed by atoms with Crippen LogP contribution in [0, 0.1) is 0 Å². The fraction of sp³-hybridized carbons (Fsp3) is 0.217. The third kappa shape index (κ3) is 6.05. The molecule has 1 aromatic heterocycles. The summed E-state index contributed by atoms with van der Waals surface area (Å²) < 4.78 is 5.76. The van der Waals surface area contributed by atoms with Gasteiger partial charge in [-0.3, -0.25) is 4.98 Å². The lowest BCUT2D eigenvalue weighted by Gasteiger charge is -2.20. The van der Waals surface area contributed by atoms with E-state index in [1.807, 2.05) is 73.7 Å². The average molecular weight is 391 g/mol. The summed E-state index contributed by atoms with van der Waals surface area (Å²) in [6, 6.07) is 19.8. The van der Waals surface area contributed by atoms with Crippen LogP contribution in [0.2, 0.25) is 0 Å². The number of amides is 2. The molecule has 150 valence electrons. The monoisotopic (exact) mass is 391 g/mol. The van der Waals surface area contributed by atoms with Gasteiger partial charge in [0.05, 0.1) is 18.7 Å². The molecule has 0 radical (unpaired) electrons. The SMILES string of the molecule is CC(NC(=O)NC(CO)c1ccccc1)c1ccc(OCc2cccnc2)cc1. The van der Waals surface area contributed by atoms with E-state index in [-0.39, 0.29) is 18.7 Å². The minimum Gasteiger partial charge on any atom is -0.489 e. The van der Waals surface area contributed by atoms with Gasteiger partial charge in [-0.2, -0.15) is 0 Å². The van der Waals surface area contributed by atoms with Crippen LogP contribution in [-0.2, 0) is 6.61 Å². The van der Waals surface area contributed by atoms with Gasteiger partial charge in [-0.05, 0) is 36.2 Å². The van der Waals surface area contributed by atoms with Gasteiger partial charge in [0, 0.05) is 18.0 Å². The lowest BCUT2D eigenvalue weighted by molar-refractivity contribution is 0.214. The van der Waals surface area contributed by atoms with Crippen LogP contribution >= 0.6 is 0 Å². The zero-order valence-electron chi connectivity index (χ0n) is 16.3. The smallest absolute Gasteiger partial charge is 0.315 e. The Kier molecular flexibility index (Phi) is 7.19. The molecular weight excluding hydrogens is 366 g/mol. The Hall–Kier alpha value is -3.38. The maximum Gasteiger partial charge on any atom is 0.315 e. The van der Waals surface area contributed by atoms with Crippen molar-refractivity contribution in [2.24, 2.45) is 0 Å². The number of carbonyl (C=O) groups excluding carboxylic acids is 1. The number of benzene rings is 2. The van der Waals surface area contributed by atoms with Gasteiger partial charge in [0.1, 0.15) is 12.4 Å². The third-order valence-electron chi connectivity index (χ3n) is 4.55. The predicted molar refractivity (Wildman–Crippen MR) is 111 cm³/mol. The Morgan fingerprint density at radius 1 is 1.00 bits per heavy atom. The largest absolute Gasteiger partial charge is 0.489 e. The summed E-state index contributed by atoms with van der Waals surface area (Å²) in [5, 5.41) is 15.3. The highest BCUT2D eigenvalue weighted by molar-refractivity contribution is 5.75. The first-order chi connectivity index (χ1) is 14.2. The summed E-state index contributed by atoms with van der Waals surface area (Å²) >= 11 is 0. The highest BCUT2D eigenvalue weighted by Crippen LogP contribution is 2.19. The quantitative estimate of drug-likeness (QED) is 0.546. The summed E-state index contributed by atoms with van der Waals surface area (Å²) in [7, 11) is 0. The molecule has 0 spiro atoms. The topological polar surface area (TPSA) is 83.5 Å². The number of rotatable bonds is 8. The molecule has 0 saturated carbocycles. The second-order valence-corrected chi connectivity index (χ2v) is 6.70. The Labute approximate surface area is 170 Å². The number of aromatic nitrogens is 1. The molecule has 3 N–H and O–H groups in total. The van der Waals surface area contributed by atoms with E-state index in [1.165, 1.54) is 0 Å². The summed E-state index contributed by atoms with van der Waals surface area (Å²) in [5.74, 6) is 0.749. The zero-order chi connectivity index (χ0) is 20.5. The summed E-state index contributed by atoms with van der Waals surface area (Å²) in [6.45, 7) is 2.18.